The molecule has 1 unspecified atom stereocenters. The summed E-state index contributed by atoms with van der Waals surface area (Å²) in [7, 11) is 0. The van der Waals surface area contributed by atoms with Crippen molar-refractivity contribution in [2.75, 3.05) is 18.0 Å². The van der Waals surface area contributed by atoms with Crippen LogP contribution >= 0.6 is 0 Å². The Morgan fingerprint density at radius 2 is 2.24 bits per heavy atom. The monoisotopic (exact) mass is 234 g/mol. The maximum absolute atomic E-state index is 11.6. The fraction of sp³-hybridized carbons (Fsp3) is 0.667. The van der Waals surface area contributed by atoms with E-state index >= 15 is 0 Å². The highest BCUT2D eigenvalue weighted by atomic mass is 16.1. The minimum atomic E-state index is -0.0453. The van der Waals surface area contributed by atoms with E-state index in [9.17, 15) is 4.79 Å². The van der Waals surface area contributed by atoms with Gasteiger partial charge < -0.3 is 15.6 Å². The first-order chi connectivity index (χ1) is 8.22. The summed E-state index contributed by atoms with van der Waals surface area (Å²) in [6.07, 6.45) is 4.43. The second-order valence-electron chi connectivity index (χ2n) is 5.11. The molecule has 5 nitrogen and oxygen atoms in total. The molecule has 0 bridgehead atoms. The molecule has 0 aromatic carbocycles. The van der Waals surface area contributed by atoms with Gasteiger partial charge >= 0.3 is 0 Å². The first-order valence-electron chi connectivity index (χ1n) is 6.34. The number of rotatable bonds is 2. The summed E-state index contributed by atoms with van der Waals surface area (Å²) in [6.45, 7) is 1.76. The van der Waals surface area contributed by atoms with Crippen LogP contribution in [0.2, 0.25) is 0 Å². The van der Waals surface area contributed by atoms with Gasteiger partial charge in [0, 0.05) is 31.1 Å². The number of H-pyrrole nitrogens is 1. The Morgan fingerprint density at radius 1 is 1.41 bits per heavy atom. The van der Waals surface area contributed by atoms with Crippen molar-refractivity contribution in [2.24, 2.45) is 5.73 Å². The van der Waals surface area contributed by atoms with Crippen LogP contribution in [0.5, 0.6) is 0 Å². The van der Waals surface area contributed by atoms with Crippen LogP contribution < -0.4 is 16.2 Å². The summed E-state index contributed by atoms with van der Waals surface area (Å²) < 4.78 is 0. The minimum absolute atomic E-state index is 0.0453. The number of anilines is 1. The SMILES string of the molecule is NC1CCCN(c2cc(=O)[nH]c(C3CC3)n2)C1. The standard InChI is InChI=1S/C12H18N4O/c13-9-2-1-5-16(7-9)10-6-11(17)15-12(14-10)8-3-4-8/h6,8-9H,1-5,7,13H2,(H,14,15,17). The Morgan fingerprint density at radius 3 is 2.94 bits per heavy atom. The fourth-order valence-corrected chi connectivity index (χ4v) is 2.39. The Bertz CT molecular complexity index is 466. The van der Waals surface area contributed by atoms with Gasteiger partial charge in [-0.3, -0.25) is 4.79 Å². The molecule has 2 heterocycles. The molecule has 1 aromatic heterocycles. The molecular weight excluding hydrogens is 216 g/mol. The second-order valence-corrected chi connectivity index (χ2v) is 5.11. The summed E-state index contributed by atoms with van der Waals surface area (Å²) in [5.74, 6) is 2.12. The Balaban J connectivity index is 1.88. The zero-order valence-corrected chi connectivity index (χ0v) is 9.85. The second kappa shape index (κ2) is 4.14. The molecule has 0 amide bonds. The van der Waals surface area contributed by atoms with Crippen molar-refractivity contribution in [1.29, 1.82) is 0 Å². The van der Waals surface area contributed by atoms with E-state index in [-0.39, 0.29) is 11.6 Å². The normalized spacial score (nSPS) is 25.0. The number of hydrogen-bond donors (Lipinski definition) is 2. The number of nitrogens with two attached hydrogens (primary N) is 1. The molecule has 3 N–H and O–H groups in total. The van der Waals surface area contributed by atoms with Crippen molar-refractivity contribution in [3.63, 3.8) is 0 Å². The van der Waals surface area contributed by atoms with Crippen molar-refractivity contribution in [3.8, 4) is 0 Å². The zero-order valence-electron chi connectivity index (χ0n) is 9.85. The molecule has 1 aliphatic carbocycles. The molecule has 17 heavy (non-hydrogen) atoms. The van der Waals surface area contributed by atoms with Crippen LogP contribution in [0.25, 0.3) is 0 Å². The number of aromatic nitrogens is 2. The van der Waals surface area contributed by atoms with Gasteiger partial charge in [-0.15, -0.1) is 0 Å². The van der Waals surface area contributed by atoms with Gasteiger partial charge in [0.05, 0.1) is 0 Å². The first kappa shape index (κ1) is 10.8. The number of nitrogens with zero attached hydrogens (tertiary/aromatic N) is 2. The lowest BCUT2D eigenvalue weighted by Gasteiger charge is -2.31. The first-order valence-corrected chi connectivity index (χ1v) is 6.34. The quantitative estimate of drug-likeness (QED) is 0.784. The average Bonchev–Trinajstić information content (AvgIpc) is 3.12. The van der Waals surface area contributed by atoms with Gasteiger partial charge in [-0.1, -0.05) is 0 Å². The van der Waals surface area contributed by atoms with Crippen LogP contribution in [-0.2, 0) is 0 Å². The molecule has 1 aliphatic heterocycles. The van der Waals surface area contributed by atoms with Crippen molar-refractivity contribution in [1.82, 2.24) is 9.97 Å². The molecule has 92 valence electrons. The summed E-state index contributed by atoms with van der Waals surface area (Å²) >= 11 is 0. The molecule has 2 fully saturated rings. The molecule has 2 aliphatic rings. The van der Waals surface area contributed by atoms with E-state index in [1.54, 1.807) is 6.07 Å². The lowest BCUT2D eigenvalue weighted by Crippen LogP contribution is -2.43. The van der Waals surface area contributed by atoms with Crippen LogP contribution in [0.1, 0.15) is 37.4 Å². The van der Waals surface area contributed by atoms with Gasteiger partial charge in [-0.2, -0.15) is 0 Å². The molecule has 1 atom stereocenters. The van der Waals surface area contributed by atoms with Gasteiger partial charge in [0.1, 0.15) is 11.6 Å². The van der Waals surface area contributed by atoms with E-state index in [1.807, 2.05) is 0 Å². The number of hydrogen-bond acceptors (Lipinski definition) is 4. The zero-order chi connectivity index (χ0) is 11.8. The van der Waals surface area contributed by atoms with E-state index in [4.69, 9.17) is 5.73 Å². The summed E-state index contributed by atoms with van der Waals surface area (Å²) in [5.41, 5.74) is 5.91. The van der Waals surface area contributed by atoms with Crippen LogP contribution in [-0.4, -0.2) is 29.1 Å². The van der Waals surface area contributed by atoms with Crippen LogP contribution in [0.4, 0.5) is 5.82 Å². The highest BCUT2D eigenvalue weighted by Gasteiger charge is 2.27. The molecule has 1 saturated heterocycles. The Labute approximate surface area is 100 Å². The number of nitrogens with one attached hydrogen (secondary N) is 1. The Kier molecular flexibility index (Phi) is 2.63. The number of aromatic amines is 1. The lowest BCUT2D eigenvalue weighted by molar-refractivity contribution is 0.502. The highest BCUT2D eigenvalue weighted by Crippen LogP contribution is 2.38. The van der Waals surface area contributed by atoms with Crippen molar-refractivity contribution >= 4 is 5.82 Å². The third kappa shape index (κ3) is 2.34. The molecule has 0 spiro atoms. The molecule has 1 aromatic rings. The predicted octanol–water partition coefficient (Wildman–Crippen LogP) is 0.575. The maximum atomic E-state index is 11.6. The predicted molar refractivity (Wildman–Crippen MR) is 66.3 cm³/mol. The van der Waals surface area contributed by atoms with Gasteiger partial charge in [-0.25, -0.2) is 4.98 Å². The fourth-order valence-electron chi connectivity index (χ4n) is 2.39. The van der Waals surface area contributed by atoms with Gasteiger partial charge in [0.15, 0.2) is 0 Å². The summed E-state index contributed by atoms with van der Waals surface area (Å²) in [5, 5.41) is 0. The van der Waals surface area contributed by atoms with Crippen molar-refractivity contribution < 1.29 is 0 Å². The smallest absolute Gasteiger partial charge is 0.252 e. The average molecular weight is 234 g/mol. The molecular formula is C12H18N4O. The third-order valence-electron chi connectivity index (χ3n) is 3.49. The molecule has 1 saturated carbocycles. The van der Waals surface area contributed by atoms with Gasteiger partial charge in [0.2, 0.25) is 0 Å². The van der Waals surface area contributed by atoms with Crippen molar-refractivity contribution in [2.45, 2.75) is 37.6 Å². The maximum Gasteiger partial charge on any atom is 0.252 e. The Hall–Kier alpha value is -1.36. The number of piperidine rings is 1. The van der Waals surface area contributed by atoms with Crippen LogP contribution in [0, 0.1) is 0 Å². The van der Waals surface area contributed by atoms with E-state index < -0.39 is 0 Å². The van der Waals surface area contributed by atoms with E-state index in [1.165, 1.54) is 0 Å². The minimum Gasteiger partial charge on any atom is -0.355 e. The van der Waals surface area contributed by atoms with Crippen LogP contribution in [0.15, 0.2) is 10.9 Å². The highest BCUT2D eigenvalue weighted by molar-refractivity contribution is 5.39. The van der Waals surface area contributed by atoms with Crippen LogP contribution in [0.3, 0.4) is 0 Å². The molecule has 0 radical (unpaired) electrons. The topological polar surface area (TPSA) is 75.0 Å². The van der Waals surface area contributed by atoms with Crippen molar-refractivity contribution in [3.05, 3.63) is 22.2 Å². The van der Waals surface area contributed by atoms with Gasteiger partial charge in [-0.05, 0) is 25.7 Å². The lowest BCUT2D eigenvalue weighted by atomic mass is 10.1. The molecule has 3 rings (SSSR count). The van der Waals surface area contributed by atoms with E-state index in [2.05, 4.69) is 14.9 Å². The van der Waals surface area contributed by atoms with E-state index in [0.29, 0.717) is 5.92 Å². The summed E-state index contributed by atoms with van der Waals surface area (Å²) in [4.78, 5) is 21.2. The molecule has 5 heteroatoms. The third-order valence-corrected chi connectivity index (χ3v) is 3.49. The van der Waals surface area contributed by atoms with E-state index in [0.717, 1.165) is 50.4 Å². The van der Waals surface area contributed by atoms with Gasteiger partial charge in [0.25, 0.3) is 5.56 Å². The largest absolute Gasteiger partial charge is 0.355 e. The summed E-state index contributed by atoms with van der Waals surface area (Å²) in [6, 6.07) is 1.79.